The van der Waals surface area contributed by atoms with Gasteiger partial charge in [-0.3, -0.25) is 4.21 Å². The topological polar surface area (TPSA) is 43.1 Å². The summed E-state index contributed by atoms with van der Waals surface area (Å²) < 4.78 is 10.3. The van der Waals surface area contributed by atoms with Crippen LogP contribution in [0.25, 0.3) is 0 Å². The molecular weight excluding hydrogens is 110 g/mol. The number of hydrogen-bond donors (Lipinski definition) is 1. The van der Waals surface area contributed by atoms with E-state index >= 15 is 0 Å². The molecule has 0 rings (SSSR count). The van der Waals surface area contributed by atoms with E-state index in [1.54, 1.807) is 6.26 Å². The highest BCUT2D eigenvalue weighted by Crippen LogP contribution is 1.77. The van der Waals surface area contributed by atoms with Crippen LogP contribution >= 0.6 is 0 Å². The zero-order valence-electron chi connectivity index (χ0n) is 4.68. The van der Waals surface area contributed by atoms with Crippen LogP contribution in [0.5, 0.6) is 0 Å². The summed E-state index contributed by atoms with van der Waals surface area (Å²) in [6.45, 7) is 1.85. The largest absolute Gasteiger partial charge is 0.327 e. The van der Waals surface area contributed by atoms with Gasteiger partial charge in [-0.2, -0.15) is 0 Å². The summed E-state index contributed by atoms with van der Waals surface area (Å²) in [5.41, 5.74) is 5.30. The van der Waals surface area contributed by atoms with Crippen LogP contribution in [0.1, 0.15) is 6.92 Å². The van der Waals surface area contributed by atoms with Gasteiger partial charge in [-0.15, -0.1) is 0 Å². The number of rotatable bonds is 2. The summed E-state index contributed by atoms with van der Waals surface area (Å²) in [5.74, 6) is 0.611. The molecule has 0 aliphatic carbocycles. The first-order chi connectivity index (χ1) is 3.13. The highest BCUT2D eigenvalue weighted by atomic mass is 32.2. The minimum Gasteiger partial charge on any atom is -0.327 e. The molecule has 0 heterocycles. The molecule has 0 spiro atoms. The van der Waals surface area contributed by atoms with Crippen LogP contribution in [0.2, 0.25) is 0 Å². The fourth-order valence-corrected chi connectivity index (χ4v) is 1.11. The third kappa shape index (κ3) is 6.11. The standard InChI is InChI=1S/C4H11NOS/c1-4(5)3-7(2)6/h4H,3,5H2,1-2H3/t4-,7?/m1/s1. The van der Waals surface area contributed by atoms with Crippen molar-refractivity contribution in [1.29, 1.82) is 0 Å². The molecule has 0 saturated heterocycles. The van der Waals surface area contributed by atoms with Gasteiger partial charge in [-0.05, 0) is 6.92 Å². The first-order valence-corrected chi connectivity index (χ1v) is 3.91. The predicted molar refractivity (Wildman–Crippen MR) is 32.6 cm³/mol. The molecule has 0 aromatic carbocycles. The molecule has 2 N–H and O–H groups in total. The smallest absolute Gasteiger partial charge is 0.0381 e. The van der Waals surface area contributed by atoms with Crippen LogP contribution in [-0.2, 0) is 10.8 Å². The fraction of sp³-hybridized carbons (Fsp3) is 1.00. The number of nitrogens with two attached hydrogens (primary N) is 1. The Morgan fingerprint density at radius 1 is 1.86 bits per heavy atom. The normalized spacial score (nSPS) is 18.7. The van der Waals surface area contributed by atoms with Crippen molar-refractivity contribution < 1.29 is 4.21 Å². The Balaban J connectivity index is 3.13. The van der Waals surface area contributed by atoms with Crippen LogP contribution in [0.4, 0.5) is 0 Å². The molecule has 1 unspecified atom stereocenters. The molecule has 0 amide bonds. The second-order valence-electron chi connectivity index (χ2n) is 1.72. The van der Waals surface area contributed by atoms with Crippen molar-refractivity contribution in [3.05, 3.63) is 0 Å². The van der Waals surface area contributed by atoms with Gasteiger partial charge in [0.2, 0.25) is 0 Å². The Labute approximate surface area is 46.5 Å². The molecule has 0 fully saturated rings. The second kappa shape index (κ2) is 3.16. The lowest BCUT2D eigenvalue weighted by molar-refractivity contribution is 0.680. The zero-order valence-corrected chi connectivity index (χ0v) is 5.49. The van der Waals surface area contributed by atoms with Gasteiger partial charge in [-0.1, -0.05) is 0 Å². The maximum Gasteiger partial charge on any atom is 0.0381 e. The molecule has 0 aliphatic heterocycles. The molecule has 2 atom stereocenters. The summed E-state index contributed by atoms with van der Waals surface area (Å²) in [6, 6.07) is 0.0748. The fourth-order valence-electron chi connectivity index (χ4n) is 0.370. The van der Waals surface area contributed by atoms with E-state index < -0.39 is 10.8 Å². The first kappa shape index (κ1) is 7.11. The van der Waals surface area contributed by atoms with Crippen LogP contribution < -0.4 is 5.73 Å². The monoisotopic (exact) mass is 121 g/mol. The lowest BCUT2D eigenvalue weighted by atomic mass is 10.4. The Hall–Kier alpha value is 0.110. The second-order valence-corrected chi connectivity index (χ2v) is 3.20. The van der Waals surface area contributed by atoms with Crippen molar-refractivity contribution in [2.75, 3.05) is 12.0 Å². The van der Waals surface area contributed by atoms with Crippen molar-refractivity contribution in [2.45, 2.75) is 13.0 Å². The van der Waals surface area contributed by atoms with E-state index in [0.717, 1.165) is 0 Å². The van der Waals surface area contributed by atoms with Gasteiger partial charge in [0.1, 0.15) is 0 Å². The highest BCUT2D eigenvalue weighted by Gasteiger charge is 1.93. The van der Waals surface area contributed by atoms with Gasteiger partial charge in [-0.25, -0.2) is 0 Å². The van der Waals surface area contributed by atoms with E-state index in [1.807, 2.05) is 6.92 Å². The molecular formula is C4H11NOS. The predicted octanol–water partition coefficient (Wildman–Crippen LogP) is -0.288. The Morgan fingerprint density at radius 3 is 2.29 bits per heavy atom. The van der Waals surface area contributed by atoms with Gasteiger partial charge < -0.3 is 5.73 Å². The average Bonchev–Trinajstić information content (AvgIpc) is 1.27. The number of hydrogen-bond acceptors (Lipinski definition) is 2. The van der Waals surface area contributed by atoms with E-state index in [2.05, 4.69) is 0 Å². The lowest BCUT2D eigenvalue weighted by Crippen LogP contribution is -2.22. The lowest BCUT2D eigenvalue weighted by Gasteiger charge is -1.97. The van der Waals surface area contributed by atoms with E-state index in [0.29, 0.717) is 5.75 Å². The minimum absolute atomic E-state index is 0.0748. The molecule has 44 valence electrons. The van der Waals surface area contributed by atoms with Gasteiger partial charge in [0.25, 0.3) is 0 Å². The average molecular weight is 121 g/mol. The zero-order chi connectivity index (χ0) is 5.86. The maximum absolute atomic E-state index is 10.3. The molecule has 0 radical (unpaired) electrons. The van der Waals surface area contributed by atoms with Gasteiger partial charge >= 0.3 is 0 Å². The van der Waals surface area contributed by atoms with Crippen molar-refractivity contribution in [3.63, 3.8) is 0 Å². The maximum atomic E-state index is 10.3. The van der Waals surface area contributed by atoms with E-state index in [9.17, 15) is 4.21 Å². The summed E-state index contributed by atoms with van der Waals surface area (Å²) in [4.78, 5) is 0. The van der Waals surface area contributed by atoms with Crippen molar-refractivity contribution in [2.24, 2.45) is 5.73 Å². The van der Waals surface area contributed by atoms with E-state index in [1.165, 1.54) is 0 Å². The SMILES string of the molecule is C[C@@H](N)CS(C)=O. The van der Waals surface area contributed by atoms with E-state index in [-0.39, 0.29) is 6.04 Å². The Morgan fingerprint density at radius 2 is 2.29 bits per heavy atom. The Bertz CT molecular complexity index is 72.1. The Kier molecular flexibility index (Phi) is 3.21. The molecule has 0 bridgehead atoms. The van der Waals surface area contributed by atoms with Crippen LogP contribution in [0.3, 0.4) is 0 Å². The van der Waals surface area contributed by atoms with Crippen molar-refractivity contribution >= 4 is 10.8 Å². The summed E-state index contributed by atoms with van der Waals surface area (Å²) >= 11 is 0. The van der Waals surface area contributed by atoms with Crippen LogP contribution in [-0.4, -0.2) is 22.3 Å². The third-order valence-electron chi connectivity index (χ3n) is 0.498. The highest BCUT2D eigenvalue weighted by molar-refractivity contribution is 7.84. The van der Waals surface area contributed by atoms with E-state index in [4.69, 9.17) is 5.73 Å². The molecule has 0 aromatic rings. The third-order valence-corrected chi connectivity index (χ3v) is 1.49. The molecule has 0 saturated carbocycles. The van der Waals surface area contributed by atoms with Crippen molar-refractivity contribution in [1.82, 2.24) is 0 Å². The quantitative estimate of drug-likeness (QED) is 0.545. The summed E-state index contributed by atoms with van der Waals surface area (Å²) in [6.07, 6.45) is 1.66. The molecule has 0 aliphatic rings. The van der Waals surface area contributed by atoms with Crippen molar-refractivity contribution in [3.8, 4) is 0 Å². The van der Waals surface area contributed by atoms with Gasteiger partial charge in [0, 0.05) is 28.9 Å². The molecule has 2 nitrogen and oxygen atoms in total. The molecule has 3 heteroatoms. The van der Waals surface area contributed by atoms with Crippen LogP contribution in [0.15, 0.2) is 0 Å². The summed E-state index contributed by atoms with van der Waals surface area (Å²) in [7, 11) is -0.721. The summed E-state index contributed by atoms with van der Waals surface area (Å²) in [5, 5.41) is 0. The van der Waals surface area contributed by atoms with Gasteiger partial charge in [0.05, 0.1) is 0 Å². The van der Waals surface area contributed by atoms with Crippen LogP contribution in [0, 0.1) is 0 Å². The first-order valence-electron chi connectivity index (χ1n) is 2.18. The van der Waals surface area contributed by atoms with Gasteiger partial charge in [0.15, 0.2) is 0 Å². The molecule has 0 aromatic heterocycles. The molecule has 7 heavy (non-hydrogen) atoms. The minimum atomic E-state index is -0.721.